The predicted molar refractivity (Wildman–Crippen MR) is 77.7 cm³/mol. The van der Waals surface area contributed by atoms with Crippen molar-refractivity contribution in [2.24, 2.45) is 0 Å². The monoisotopic (exact) mass is 276 g/mol. The summed E-state index contributed by atoms with van der Waals surface area (Å²) in [5.74, 6) is -0.0805. The third kappa shape index (κ3) is 3.54. The molecule has 0 unspecified atom stereocenters. The van der Waals surface area contributed by atoms with Crippen LogP contribution in [0.4, 0.5) is 5.69 Å². The Balaban J connectivity index is 1.94. The summed E-state index contributed by atoms with van der Waals surface area (Å²) in [6.45, 7) is 4.27. The topological polar surface area (TPSA) is 51.1 Å². The van der Waals surface area contributed by atoms with Gasteiger partial charge in [0, 0.05) is 29.7 Å². The van der Waals surface area contributed by atoms with Crippen molar-refractivity contribution in [3.05, 3.63) is 50.6 Å². The number of amides is 1. The summed E-state index contributed by atoms with van der Waals surface area (Å²) in [7, 11) is 0. The van der Waals surface area contributed by atoms with Crippen LogP contribution in [-0.2, 0) is 11.3 Å². The molecular weight excluding hydrogens is 260 g/mol. The van der Waals surface area contributed by atoms with Gasteiger partial charge in [0.1, 0.15) is 0 Å². The molecule has 0 aliphatic carbocycles. The van der Waals surface area contributed by atoms with Gasteiger partial charge in [-0.05, 0) is 31.5 Å². The highest BCUT2D eigenvalue weighted by Gasteiger charge is 2.06. The Hall–Kier alpha value is -1.88. The summed E-state index contributed by atoms with van der Waals surface area (Å²) in [6.07, 6.45) is 0.297. The molecule has 1 aromatic heterocycles. The molecule has 19 heavy (non-hydrogen) atoms. The largest absolute Gasteiger partial charge is 0.326 e. The summed E-state index contributed by atoms with van der Waals surface area (Å²) in [5.41, 5.74) is 2.79. The molecule has 1 N–H and O–H groups in total. The molecule has 0 atom stereocenters. The second-order valence-electron chi connectivity index (χ2n) is 4.46. The van der Waals surface area contributed by atoms with Gasteiger partial charge in [-0.2, -0.15) is 0 Å². The summed E-state index contributed by atoms with van der Waals surface area (Å²) < 4.78 is 1.63. The number of nitrogens with one attached hydrogen (secondary N) is 1. The third-order valence-corrected chi connectivity index (χ3v) is 3.72. The minimum absolute atomic E-state index is 0.0131. The van der Waals surface area contributed by atoms with Crippen LogP contribution in [0.15, 0.2) is 34.4 Å². The van der Waals surface area contributed by atoms with Crippen molar-refractivity contribution < 1.29 is 4.79 Å². The number of hydrogen-bond donors (Lipinski definition) is 1. The van der Waals surface area contributed by atoms with Gasteiger partial charge in [0.05, 0.1) is 0 Å². The number of nitrogens with zero attached hydrogens (tertiary/aromatic N) is 1. The fraction of sp³-hybridized carbons (Fsp3) is 0.286. The molecular formula is C14H16N2O2S. The number of anilines is 1. The van der Waals surface area contributed by atoms with Crippen LogP contribution in [0.25, 0.3) is 0 Å². The van der Waals surface area contributed by atoms with E-state index in [0.717, 1.165) is 28.3 Å². The van der Waals surface area contributed by atoms with Crippen molar-refractivity contribution in [2.75, 3.05) is 5.32 Å². The van der Waals surface area contributed by atoms with Gasteiger partial charge >= 0.3 is 4.87 Å². The molecule has 4 nitrogen and oxygen atoms in total. The molecule has 1 amide bonds. The molecule has 0 saturated carbocycles. The van der Waals surface area contributed by atoms with Crippen LogP contribution in [0.5, 0.6) is 0 Å². The third-order valence-electron chi connectivity index (χ3n) is 2.84. The first-order chi connectivity index (χ1) is 9.06. The van der Waals surface area contributed by atoms with Crippen LogP contribution in [-0.4, -0.2) is 10.5 Å². The number of carbonyl (C=O) groups excluding carboxylic acids is 1. The van der Waals surface area contributed by atoms with E-state index in [-0.39, 0.29) is 10.8 Å². The Morgan fingerprint density at radius 2 is 2.16 bits per heavy atom. The van der Waals surface area contributed by atoms with E-state index < -0.39 is 0 Å². The quantitative estimate of drug-likeness (QED) is 0.933. The average molecular weight is 276 g/mol. The van der Waals surface area contributed by atoms with Crippen LogP contribution >= 0.6 is 11.3 Å². The number of benzene rings is 1. The fourth-order valence-electron chi connectivity index (χ4n) is 1.83. The van der Waals surface area contributed by atoms with Gasteiger partial charge in [0.2, 0.25) is 5.91 Å². The normalized spacial score (nSPS) is 10.4. The minimum atomic E-state index is -0.0805. The molecule has 5 heteroatoms. The number of aryl methyl sites for hydroxylation is 2. The zero-order valence-electron chi connectivity index (χ0n) is 11.0. The van der Waals surface area contributed by atoms with E-state index in [0.29, 0.717) is 13.0 Å². The molecule has 1 aromatic carbocycles. The highest BCUT2D eigenvalue weighted by molar-refractivity contribution is 7.07. The fourth-order valence-corrected chi connectivity index (χ4v) is 2.60. The number of carbonyl (C=O) groups is 1. The molecule has 2 rings (SSSR count). The molecule has 0 aliphatic heterocycles. The lowest BCUT2D eigenvalue weighted by Gasteiger charge is -2.07. The number of rotatable bonds is 4. The maximum absolute atomic E-state index is 11.8. The molecule has 0 spiro atoms. The first-order valence-electron chi connectivity index (χ1n) is 6.08. The van der Waals surface area contributed by atoms with E-state index in [1.165, 1.54) is 0 Å². The molecule has 0 bridgehead atoms. The number of thiazole rings is 1. The van der Waals surface area contributed by atoms with Crippen LogP contribution < -0.4 is 10.2 Å². The van der Waals surface area contributed by atoms with Crippen LogP contribution in [0, 0.1) is 13.8 Å². The zero-order chi connectivity index (χ0) is 13.8. The zero-order valence-corrected chi connectivity index (χ0v) is 11.8. The van der Waals surface area contributed by atoms with Crippen molar-refractivity contribution in [1.29, 1.82) is 0 Å². The lowest BCUT2D eigenvalue weighted by atomic mass is 10.2. The van der Waals surface area contributed by atoms with Gasteiger partial charge in [0.15, 0.2) is 0 Å². The molecule has 0 aliphatic rings. The van der Waals surface area contributed by atoms with Crippen molar-refractivity contribution in [3.63, 3.8) is 0 Å². The van der Waals surface area contributed by atoms with Crippen molar-refractivity contribution in [2.45, 2.75) is 26.8 Å². The van der Waals surface area contributed by atoms with Crippen molar-refractivity contribution in [1.82, 2.24) is 4.57 Å². The van der Waals surface area contributed by atoms with Gasteiger partial charge in [-0.15, -0.1) is 0 Å². The SMILES string of the molecule is Cc1cccc(NC(=O)CCn2c(C)csc2=O)c1. The summed E-state index contributed by atoms with van der Waals surface area (Å²) in [5, 5.41) is 4.64. The van der Waals surface area contributed by atoms with Crippen molar-refractivity contribution >= 4 is 22.9 Å². The molecule has 2 aromatic rings. The van der Waals surface area contributed by atoms with E-state index >= 15 is 0 Å². The second kappa shape index (κ2) is 5.84. The highest BCUT2D eigenvalue weighted by Crippen LogP contribution is 2.10. The Bertz CT molecular complexity index is 643. The molecule has 1 heterocycles. The molecule has 0 fully saturated rings. The summed E-state index contributed by atoms with van der Waals surface area (Å²) >= 11 is 1.16. The lowest BCUT2D eigenvalue weighted by molar-refractivity contribution is -0.116. The van der Waals surface area contributed by atoms with Gasteiger partial charge in [-0.3, -0.25) is 9.59 Å². The number of hydrogen-bond acceptors (Lipinski definition) is 3. The predicted octanol–water partition coefficient (Wildman–Crippen LogP) is 2.56. The summed E-state index contributed by atoms with van der Waals surface area (Å²) in [6, 6.07) is 7.65. The van der Waals surface area contributed by atoms with E-state index in [1.54, 1.807) is 9.95 Å². The van der Waals surface area contributed by atoms with Crippen molar-refractivity contribution in [3.8, 4) is 0 Å². The maximum Gasteiger partial charge on any atom is 0.307 e. The van der Waals surface area contributed by atoms with E-state index in [2.05, 4.69) is 5.32 Å². The Morgan fingerprint density at radius 3 is 2.79 bits per heavy atom. The average Bonchev–Trinajstić information content (AvgIpc) is 2.67. The number of aromatic nitrogens is 1. The van der Waals surface area contributed by atoms with Gasteiger partial charge < -0.3 is 9.88 Å². The van der Waals surface area contributed by atoms with Gasteiger partial charge in [0.25, 0.3) is 0 Å². The van der Waals surface area contributed by atoms with Gasteiger partial charge in [-0.25, -0.2) is 0 Å². The maximum atomic E-state index is 11.8. The minimum Gasteiger partial charge on any atom is -0.326 e. The first kappa shape index (κ1) is 13.5. The smallest absolute Gasteiger partial charge is 0.307 e. The standard InChI is InChI=1S/C14H16N2O2S/c1-10-4-3-5-12(8-10)15-13(17)6-7-16-11(2)9-19-14(16)18/h3-5,8-9H,6-7H2,1-2H3,(H,15,17). The Kier molecular flexibility index (Phi) is 4.16. The Labute approximate surface area is 115 Å². The molecule has 100 valence electrons. The first-order valence-corrected chi connectivity index (χ1v) is 6.95. The Morgan fingerprint density at radius 1 is 1.37 bits per heavy atom. The van der Waals surface area contributed by atoms with E-state index in [1.807, 2.05) is 38.1 Å². The van der Waals surface area contributed by atoms with Crippen LogP contribution in [0.1, 0.15) is 17.7 Å². The van der Waals surface area contributed by atoms with E-state index in [9.17, 15) is 9.59 Å². The lowest BCUT2D eigenvalue weighted by Crippen LogP contribution is -2.20. The molecule has 0 radical (unpaired) electrons. The van der Waals surface area contributed by atoms with Crippen LogP contribution in [0.2, 0.25) is 0 Å². The van der Waals surface area contributed by atoms with Crippen LogP contribution in [0.3, 0.4) is 0 Å². The second-order valence-corrected chi connectivity index (χ2v) is 5.28. The highest BCUT2D eigenvalue weighted by atomic mass is 32.1. The summed E-state index contributed by atoms with van der Waals surface area (Å²) in [4.78, 5) is 23.3. The van der Waals surface area contributed by atoms with E-state index in [4.69, 9.17) is 0 Å². The van der Waals surface area contributed by atoms with Gasteiger partial charge in [-0.1, -0.05) is 23.5 Å². The molecule has 0 saturated heterocycles.